The second-order valence-electron chi connectivity index (χ2n) is 6.55. The second kappa shape index (κ2) is 9.18. The number of unbranched alkanes of at least 4 members (excludes halogenated alkanes) is 1. The number of hydrogen-bond donors (Lipinski definition) is 1. The van der Waals surface area contributed by atoms with E-state index in [0.717, 1.165) is 24.0 Å². The lowest BCUT2D eigenvalue weighted by Crippen LogP contribution is -2.50. The molecule has 0 aromatic heterocycles. The van der Waals surface area contributed by atoms with Crippen molar-refractivity contribution < 1.29 is 14.3 Å². The lowest BCUT2D eigenvalue weighted by atomic mass is 9.75. The van der Waals surface area contributed by atoms with Crippen molar-refractivity contribution in [2.45, 2.75) is 44.6 Å². The fourth-order valence-corrected chi connectivity index (χ4v) is 3.07. The number of carbonyl (C=O) groups is 2. The molecule has 0 saturated carbocycles. The molecule has 0 spiro atoms. The average molecular weight is 353 g/mol. The van der Waals surface area contributed by atoms with Gasteiger partial charge in [-0.05, 0) is 24.5 Å². The maximum absolute atomic E-state index is 13.3. The minimum Gasteiger partial charge on any atom is -0.467 e. The Hall–Kier alpha value is -2.62. The van der Waals surface area contributed by atoms with E-state index in [4.69, 9.17) is 4.74 Å². The molecule has 138 valence electrons. The third-order valence-electron chi connectivity index (χ3n) is 4.79. The van der Waals surface area contributed by atoms with Gasteiger partial charge in [-0.1, -0.05) is 80.4 Å². The van der Waals surface area contributed by atoms with Crippen LogP contribution >= 0.6 is 0 Å². The summed E-state index contributed by atoms with van der Waals surface area (Å²) >= 11 is 0. The van der Waals surface area contributed by atoms with Gasteiger partial charge in [0.1, 0.15) is 6.04 Å². The summed E-state index contributed by atoms with van der Waals surface area (Å²) in [5.74, 6) is -0.614. The van der Waals surface area contributed by atoms with Gasteiger partial charge in [0.2, 0.25) is 5.91 Å². The van der Waals surface area contributed by atoms with Gasteiger partial charge in [0.05, 0.1) is 12.5 Å². The van der Waals surface area contributed by atoms with E-state index < -0.39 is 17.4 Å². The molecule has 4 nitrogen and oxygen atoms in total. The van der Waals surface area contributed by atoms with Crippen molar-refractivity contribution in [3.05, 3.63) is 71.8 Å². The first-order chi connectivity index (χ1) is 12.5. The molecule has 2 rings (SSSR count). The molecule has 1 amide bonds. The van der Waals surface area contributed by atoms with Gasteiger partial charge in [0, 0.05) is 0 Å². The van der Waals surface area contributed by atoms with E-state index in [1.165, 1.54) is 7.11 Å². The molecular formula is C22H27NO3. The standard InChI is InChI=1S/C22H27NO3/c1-4-5-16-19(20(24)26-3)23-21(25)22(2,17-12-8-6-9-13-17)18-14-10-7-11-15-18/h6-15,19H,4-5,16H2,1-3H3,(H,23,25)/t19-/m0/s1. The van der Waals surface area contributed by atoms with Crippen LogP contribution in [0, 0.1) is 0 Å². The van der Waals surface area contributed by atoms with Crippen LogP contribution in [0.1, 0.15) is 44.2 Å². The highest BCUT2D eigenvalue weighted by Gasteiger charge is 2.38. The number of carbonyl (C=O) groups excluding carboxylic acids is 2. The molecular weight excluding hydrogens is 326 g/mol. The van der Waals surface area contributed by atoms with Gasteiger partial charge in [0.25, 0.3) is 0 Å². The van der Waals surface area contributed by atoms with Crippen molar-refractivity contribution in [3.63, 3.8) is 0 Å². The third-order valence-corrected chi connectivity index (χ3v) is 4.79. The topological polar surface area (TPSA) is 55.4 Å². The summed E-state index contributed by atoms with van der Waals surface area (Å²) in [7, 11) is 1.35. The number of methoxy groups -OCH3 is 1. The molecule has 0 aliphatic heterocycles. The maximum Gasteiger partial charge on any atom is 0.328 e. The normalized spacial score (nSPS) is 12.3. The summed E-state index contributed by atoms with van der Waals surface area (Å²) < 4.78 is 4.88. The first-order valence-electron chi connectivity index (χ1n) is 9.03. The molecule has 0 aliphatic carbocycles. The Morgan fingerprint density at radius 3 is 1.92 bits per heavy atom. The van der Waals surface area contributed by atoms with E-state index in [0.29, 0.717) is 6.42 Å². The molecule has 0 bridgehead atoms. The second-order valence-corrected chi connectivity index (χ2v) is 6.55. The Kier molecular flexibility index (Phi) is 6.96. The first kappa shape index (κ1) is 19.7. The minimum atomic E-state index is -0.902. The molecule has 0 aliphatic rings. The van der Waals surface area contributed by atoms with Crippen molar-refractivity contribution >= 4 is 11.9 Å². The van der Waals surface area contributed by atoms with E-state index in [2.05, 4.69) is 5.32 Å². The fourth-order valence-electron chi connectivity index (χ4n) is 3.07. The number of esters is 1. The van der Waals surface area contributed by atoms with Crippen LogP contribution in [0.5, 0.6) is 0 Å². The monoisotopic (exact) mass is 353 g/mol. The van der Waals surface area contributed by atoms with Gasteiger partial charge >= 0.3 is 5.97 Å². The van der Waals surface area contributed by atoms with Gasteiger partial charge in [-0.2, -0.15) is 0 Å². The van der Waals surface area contributed by atoms with Gasteiger partial charge in [-0.3, -0.25) is 4.79 Å². The predicted octanol–water partition coefficient (Wildman–Crippen LogP) is 3.84. The van der Waals surface area contributed by atoms with Crippen LogP contribution in [-0.2, 0) is 19.7 Å². The van der Waals surface area contributed by atoms with Crippen LogP contribution in [0.15, 0.2) is 60.7 Å². The van der Waals surface area contributed by atoms with Crippen LogP contribution in [-0.4, -0.2) is 25.0 Å². The molecule has 0 fully saturated rings. The molecule has 1 atom stereocenters. The average Bonchev–Trinajstić information content (AvgIpc) is 2.70. The summed E-state index contributed by atoms with van der Waals surface area (Å²) in [6, 6.07) is 18.6. The van der Waals surface area contributed by atoms with Crippen molar-refractivity contribution in [1.29, 1.82) is 0 Å². The molecule has 0 saturated heterocycles. The number of ether oxygens (including phenoxy) is 1. The van der Waals surface area contributed by atoms with Gasteiger partial charge in [-0.25, -0.2) is 4.79 Å². The molecule has 4 heteroatoms. The highest BCUT2D eigenvalue weighted by Crippen LogP contribution is 2.32. The summed E-state index contributed by atoms with van der Waals surface area (Å²) in [5.41, 5.74) is 0.853. The Balaban J connectivity index is 2.39. The lowest BCUT2D eigenvalue weighted by Gasteiger charge is -2.31. The van der Waals surface area contributed by atoms with Gasteiger partial charge in [-0.15, -0.1) is 0 Å². The summed E-state index contributed by atoms with van der Waals surface area (Å²) in [6.45, 7) is 3.94. The van der Waals surface area contributed by atoms with Gasteiger partial charge < -0.3 is 10.1 Å². The maximum atomic E-state index is 13.3. The molecule has 2 aromatic rings. The number of rotatable bonds is 8. The number of benzene rings is 2. The van der Waals surface area contributed by atoms with Crippen molar-refractivity contribution in [3.8, 4) is 0 Å². The zero-order valence-electron chi connectivity index (χ0n) is 15.7. The Bertz CT molecular complexity index is 673. The van der Waals surface area contributed by atoms with Crippen LogP contribution in [0.3, 0.4) is 0 Å². The summed E-state index contributed by atoms with van der Waals surface area (Å²) in [6.07, 6.45) is 2.35. The lowest BCUT2D eigenvalue weighted by molar-refractivity contribution is -0.145. The van der Waals surface area contributed by atoms with Crippen molar-refractivity contribution in [2.75, 3.05) is 7.11 Å². The quantitative estimate of drug-likeness (QED) is 0.734. The van der Waals surface area contributed by atoms with E-state index in [1.54, 1.807) is 0 Å². The predicted molar refractivity (Wildman–Crippen MR) is 103 cm³/mol. The molecule has 1 N–H and O–H groups in total. The Morgan fingerprint density at radius 2 is 1.50 bits per heavy atom. The molecule has 0 heterocycles. The number of nitrogens with one attached hydrogen (secondary N) is 1. The van der Waals surface area contributed by atoms with Crippen LogP contribution < -0.4 is 5.32 Å². The van der Waals surface area contributed by atoms with Crippen LogP contribution in [0.25, 0.3) is 0 Å². The highest BCUT2D eigenvalue weighted by atomic mass is 16.5. The summed E-state index contributed by atoms with van der Waals surface area (Å²) in [4.78, 5) is 25.5. The van der Waals surface area contributed by atoms with Crippen molar-refractivity contribution in [1.82, 2.24) is 5.32 Å². The Labute approximate surface area is 155 Å². The molecule has 26 heavy (non-hydrogen) atoms. The van der Waals surface area contributed by atoms with E-state index in [1.807, 2.05) is 74.5 Å². The first-order valence-corrected chi connectivity index (χ1v) is 9.03. The van der Waals surface area contributed by atoms with Crippen LogP contribution in [0.2, 0.25) is 0 Å². The van der Waals surface area contributed by atoms with E-state index in [9.17, 15) is 9.59 Å². The SMILES string of the molecule is CCCC[C@H](NC(=O)C(C)(c1ccccc1)c1ccccc1)C(=O)OC. The summed E-state index contributed by atoms with van der Waals surface area (Å²) in [5, 5.41) is 2.93. The van der Waals surface area contributed by atoms with E-state index >= 15 is 0 Å². The number of amides is 1. The largest absolute Gasteiger partial charge is 0.467 e. The molecule has 0 radical (unpaired) electrons. The Morgan fingerprint density at radius 1 is 1.00 bits per heavy atom. The van der Waals surface area contributed by atoms with E-state index in [-0.39, 0.29) is 5.91 Å². The fraction of sp³-hybridized carbons (Fsp3) is 0.364. The van der Waals surface area contributed by atoms with Crippen LogP contribution in [0.4, 0.5) is 0 Å². The third kappa shape index (κ3) is 4.31. The zero-order chi connectivity index (χ0) is 19.0. The highest BCUT2D eigenvalue weighted by molar-refractivity contribution is 5.94. The smallest absolute Gasteiger partial charge is 0.328 e. The van der Waals surface area contributed by atoms with Crippen molar-refractivity contribution in [2.24, 2.45) is 0 Å². The van der Waals surface area contributed by atoms with Gasteiger partial charge in [0.15, 0.2) is 0 Å². The molecule has 0 unspecified atom stereocenters. The molecule has 2 aromatic carbocycles. The minimum absolute atomic E-state index is 0.207. The number of hydrogen-bond acceptors (Lipinski definition) is 3. The zero-order valence-corrected chi connectivity index (χ0v) is 15.7.